The fourth-order valence-electron chi connectivity index (χ4n) is 1.72. The van der Waals surface area contributed by atoms with Gasteiger partial charge in [-0.1, -0.05) is 0 Å². The number of nitrogens with one attached hydrogen (secondary N) is 2. The number of halogens is 1. The number of rotatable bonds is 6. The molecule has 1 heterocycles. The maximum atomic E-state index is 12.2. The fourth-order valence-corrected chi connectivity index (χ4v) is 2.24. The van der Waals surface area contributed by atoms with Gasteiger partial charge in [-0.3, -0.25) is 4.79 Å². The van der Waals surface area contributed by atoms with Crippen LogP contribution in [0.1, 0.15) is 20.8 Å². The number of nitrogens with zero attached hydrogens (tertiary/aromatic N) is 3. The van der Waals surface area contributed by atoms with Crippen LogP contribution in [0.2, 0.25) is 0 Å². The maximum Gasteiger partial charge on any atom is 0.244 e. The number of carbonyl (C=O) groups excluding carboxylic acids is 1. The van der Waals surface area contributed by atoms with Gasteiger partial charge < -0.3 is 15.5 Å². The van der Waals surface area contributed by atoms with Gasteiger partial charge in [0, 0.05) is 20.1 Å². The predicted molar refractivity (Wildman–Crippen MR) is 80.3 cm³/mol. The van der Waals surface area contributed by atoms with Gasteiger partial charge in [-0.05, 0) is 36.7 Å². The third-order valence-electron chi connectivity index (χ3n) is 2.83. The number of carbonyl (C=O) groups is 1. The van der Waals surface area contributed by atoms with Crippen molar-refractivity contribution in [1.29, 1.82) is 0 Å². The van der Waals surface area contributed by atoms with E-state index in [-0.39, 0.29) is 11.9 Å². The molecule has 106 valence electrons. The lowest BCUT2D eigenvalue weighted by Crippen LogP contribution is -2.41. The number of hydrogen-bond donors (Lipinski definition) is 2. The molecule has 0 aliphatic carbocycles. The van der Waals surface area contributed by atoms with Crippen LogP contribution in [0.25, 0.3) is 0 Å². The van der Waals surface area contributed by atoms with Crippen molar-refractivity contribution in [3.8, 4) is 0 Å². The molecule has 1 aromatic rings. The highest BCUT2D eigenvalue weighted by Gasteiger charge is 2.19. The number of amides is 1. The number of aromatic nitrogens is 2. The molecule has 6 nitrogen and oxygen atoms in total. The minimum absolute atomic E-state index is 0.0570. The van der Waals surface area contributed by atoms with Crippen LogP contribution in [0, 0.1) is 0 Å². The van der Waals surface area contributed by atoms with Crippen LogP contribution >= 0.6 is 15.9 Å². The summed E-state index contributed by atoms with van der Waals surface area (Å²) in [5.41, 5.74) is 0. The summed E-state index contributed by atoms with van der Waals surface area (Å²) < 4.78 is 0.719. The molecule has 7 heteroatoms. The Morgan fingerprint density at radius 2 is 1.95 bits per heavy atom. The first kappa shape index (κ1) is 15.7. The molecule has 1 atom stereocenters. The van der Waals surface area contributed by atoms with E-state index in [1.807, 2.05) is 20.8 Å². The number of anilines is 2. The van der Waals surface area contributed by atoms with E-state index in [0.29, 0.717) is 24.7 Å². The quantitative estimate of drug-likeness (QED) is 0.834. The summed E-state index contributed by atoms with van der Waals surface area (Å²) in [4.78, 5) is 22.2. The smallest absolute Gasteiger partial charge is 0.244 e. The van der Waals surface area contributed by atoms with Crippen molar-refractivity contribution in [1.82, 2.24) is 14.9 Å². The van der Waals surface area contributed by atoms with Gasteiger partial charge in [0.1, 0.15) is 28.5 Å². The molecule has 1 rings (SSSR count). The Morgan fingerprint density at radius 3 is 2.47 bits per heavy atom. The predicted octanol–water partition coefficient (Wildman–Crippen LogP) is 1.95. The molecule has 0 radical (unpaired) electrons. The molecule has 0 saturated heterocycles. The Hall–Kier alpha value is -1.37. The summed E-state index contributed by atoms with van der Waals surface area (Å²) in [7, 11) is 1.78. The molecule has 0 bridgehead atoms. The summed E-state index contributed by atoms with van der Waals surface area (Å²) in [6, 6.07) is -0.337. The highest BCUT2D eigenvalue weighted by atomic mass is 79.9. The minimum atomic E-state index is -0.337. The molecule has 2 N–H and O–H groups in total. The third-order valence-corrected chi connectivity index (χ3v) is 3.58. The van der Waals surface area contributed by atoms with E-state index < -0.39 is 0 Å². The summed E-state index contributed by atoms with van der Waals surface area (Å²) >= 11 is 3.42. The average Bonchev–Trinajstić information content (AvgIpc) is 2.42. The van der Waals surface area contributed by atoms with Gasteiger partial charge in [0.15, 0.2) is 0 Å². The van der Waals surface area contributed by atoms with Crippen molar-refractivity contribution in [3.05, 3.63) is 10.8 Å². The molecule has 19 heavy (non-hydrogen) atoms. The monoisotopic (exact) mass is 329 g/mol. The molecule has 0 aliphatic rings. The van der Waals surface area contributed by atoms with Crippen LogP contribution in [0.5, 0.6) is 0 Å². The first-order valence-electron chi connectivity index (χ1n) is 6.28. The maximum absolute atomic E-state index is 12.2. The van der Waals surface area contributed by atoms with E-state index >= 15 is 0 Å². The zero-order chi connectivity index (χ0) is 14.4. The number of likely N-dealkylation sites (N-methyl/N-ethyl adjacent to an activating group) is 1. The molecule has 1 unspecified atom stereocenters. The molecule has 0 spiro atoms. The summed E-state index contributed by atoms with van der Waals surface area (Å²) in [6.45, 7) is 7.16. The molecule has 0 aromatic carbocycles. The van der Waals surface area contributed by atoms with E-state index in [1.165, 1.54) is 6.33 Å². The van der Waals surface area contributed by atoms with Gasteiger partial charge >= 0.3 is 0 Å². The van der Waals surface area contributed by atoms with E-state index in [1.54, 1.807) is 11.9 Å². The van der Waals surface area contributed by atoms with Crippen LogP contribution < -0.4 is 10.6 Å². The number of hydrogen-bond acceptors (Lipinski definition) is 5. The normalized spacial score (nSPS) is 11.8. The molecule has 0 fully saturated rings. The zero-order valence-corrected chi connectivity index (χ0v) is 13.3. The third kappa shape index (κ3) is 3.79. The second-order valence-electron chi connectivity index (χ2n) is 4.01. The summed E-state index contributed by atoms with van der Waals surface area (Å²) in [5.74, 6) is 1.34. The van der Waals surface area contributed by atoms with Gasteiger partial charge in [0.25, 0.3) is 0 Å². The summed E-state index contributed by atoms with van der Waals surface area (Å²) in [5, 5.41) is 6.05. The van der Waals surface area contributed by atoms with Crippen LogP contribution in [-0.2, 0) is 4.79 Å². The Morgan fingerprint density at radius 1 is 1.37 bits per heavy atom. The molecule has 0 aliphatic heterocycles. The van der Waals surface area contributed by atoms with Gasteiger partial charge in [0.2, 0.25) is 5.91 Å². The molecule has 1 aromatic heterocycles. The van der Waals surface area contributed by atoms with Gasteiger partial charge in [-0.15, -0.1) is 0 Å². The summed E-state index contributed by atoms with van der Waals surface area (Å²) in [6.07, 6.45) is 1.45. The van der Waals surface area contributed by atoms with Crippen molar-refractivity contribution < 1.29 is 4.79 Å². The van der Waals surface area contributed by atoms with Crippen LogP contribution in [0.4, 0.5) is 11.6 Å². The standard InChI is InChI=1S/C12H20BrN5O/c1-5-18(6-2)12(19)8(3)17-11-9(13)10(14-4)15-7-16-11/h7-8H,5-6H2,1-4H3,(H2,14,15,16,17). The largest absolute Gasteiger partial charge is 0.372 e. The van der Waals surface area contributed by atoms with E-state index in [2.05, 4.69) is 36.5 Å². The zero-order valence-electron chi connectivity index (χ0n) is 11.7. The van der Waals surface area contributed by atoms with Gasteiger partial charge in [0.05, 0.1) is 0 Å². The van der Waals surface area contributed by atoms with E-state index in [0.717, 1.165) is 4.47 Å². The van der Waals surface area contributed by atoms with Crippen molar-refractivity contribution in [3.63, 3.8) is 0 Å². The highest BCUT2D eigenvalue weighted by Crippen LogP contribution is 2.26. The minimum Gasteiger partial charge on any atom is -0.372 e. The van der Waals surface area contributed by atoms with E-state index in [4.69, 9.17) is 0 Å². The lowest BCUT2D eigenvalue weighted by atomic mass is 10.2. The molecular weight excluding hydrogens is 310 g/mol. The van der Waals surface area contributed by atoms with Crippen LogP contribution in [0.3, 0.4) is 0 Å². The first-order valence-corrected chi connectivity index (χ1v) is 7.07. The van der Waals surface area contributed by atoms with Crippen molar-refractivity contribution >= 4 is 33.5 Å². The second kappa shape index (κ2) is 7.28. The van der Waals surface area contributed by atoms with Gasteiger partial charge in [-0.2, -0.15) is 0 Å². The lowest BCUT2D eigenvalue weighted by molar-refractivity contribution is -0.131. The SMILES string of the molecule is CCN(CC)C(=O)C(C)Nc1ncnc(NC)c1Br. The highest BCUT2D eigenvalue weighted by molar-refractivity contribution is 9.10. The van der Waals surface area contributed by atoms with Gasteiger partial charge in [-0.25, -0.2) is 9.97 Å². The van der Waals surface area contributed by atoms with Crippen molar-refractivity contribution in [2.45, 2.75) is 26.8 Å². The van der Waals surface area contributed by atoms with Crippen LogP contribution in [0.15, 0.2) is 10.8 Å². The Bertz CT molecular complexity index is 436. The lowest BCUT2D eigenvalue weighted by Gasteiger charge is -2.24. The average molecular weight is 330 g/mol. The molecule has 1 amide bonds. The van der Waals surface area contributed by atoms with Crippen molar-refractivity contribution in [2.75, 3.05) is 30.8 Å². The Kier molecular flexibility index (Phi) is 6.01. The van der Waals surface area contributed by atoms with Crippen LogP contribution in [-0.4, -0.2) is 47.0 Å². The Labute approximate surface area is 122 Å². The van der Waals surface area contributed by atoms with Crippen molar-refractivity contribution in [2.24, 2.45) is 0 Å². The van der Waals surface area contributed by atoms with E-state index in [9.17, 15) is 4.79 Å². The fraction of sp³-hybridized carbons (Fsp3) is 0.583. The molecular formula is C12H20BrN5O. The Balaban J connectivity index is 2.82. The topological polar surface area (TPSA) is 70.2 Å². The molecule has 0 saturated carbocycles. The second-order valence-corrected chi connectivity index (χ2v) is 4.80. The first-order chi connectivity index (χ1) is 9.04.